The molecular weight excluding hydrogens is 292 g/mol. The Morgan fingerprint density at radius 3 is 2.87 bits per heavy atom. The van der Waals surface area contributed by atoms with Crippen molar-refractivity contribution in [3.05, 3.63) is 47.5 Å². The van der Waals surface area contributed by atoms with Crippen molar-refractivity contribution in [2.24, 2.45) is 5.92 Å². The number of amides is 1. The maximum atomic E-state index is 12.5. The van der Waals surface area contributed by atoms with Crippen LogP contribution in [0.3, 0.4) is 0 Å². The fraction of sp³-hybridized carbons (Fsp3) is 0.471. The van der Waals surface area contributed by atoms with E-state index in [9.17, 15) is 4.79 Å². The summed E-state index contributed by atoms with van der Waals surface area (Å²) in [5, 5.41) is 7.35. The van der Waals surface area contributed by atoms with Gasteiger partial charge in [-0.2, -0.15) is 5.10 Å². The molecule has 6 heteroatoms. The molecule has 0 aromatic carbocycles. The Bertz CT molecular complexity index is 668. The number of aryl methyl sites for hydroxylation is 1. The minimum absolute atomic E-state index is 0.0278. The zero-order valence-electron chi connectivity index (χ0n) is 13.5. The molecule has 1 aliphatic rings. The lowest BCUT2D eigenvalue weighted by Gasteiger charge is -2.19. The molecule has 1 saturated heterocycles. The van der Waals surface area contributed by atoms with Crippen LogP contribution in [0.5, 0.6) is 0 Å². The van der Waals surface area contributed by atoms with Crippen molar-refractivity contribution in [3.63, 3.8) is 0 Å². The van der Waals surface area contributed by atoms with Crippen LogP contribution in [0.1, 0.15) is 28.5 Å². The quantitative estimate of drug-likeness (QED) is 0.910. The molecule has 1 aliphatic heterocycles. The van der Waals surface area contributed by atoms with Gasteiger partial charge in [0.25, 0.3) is 5.91 Å². The number of rotatable bonds is 5. The van der Waals surface area contributed by atoms with Crippen molar-refractivity contribution < 1.29 is 9.53 Å². The largest absolute Gasteiger partial charge is 0.379 e. The summed E-state index contributed by atoms with van der Waals surface area (Å²) >= 11 is 0. The van der Waals surface area contributed by atoms with Crippen LogP contribution in [0.2, 0.25) is 0 Å². The summed E-state index contributed by atoms with van der Waals surface area (Å²) in [6, 6.07) is 4.04. The van der Waals surface area contributed by atoms with Gasteiger partial charge in [-0.25, -0.2) is 0 Å². The Balaban J connectivity index is 1.66. The number of hydrogen-bond donors (Lipinski definition) is 1. The van der Waals surface area contributed by atoms with Crippen molar-refractivity contribution in [3.8, 4) is 0 Å². The first kappa shape index (κ1) is 15.7. The van der Waals surface area contributed by atoms with E-state index in [2.05, 4.69) is 15.4 Å². The van der Waals surface area contributed by atoms with Gasteiger partial charge in [0, 0.05) is 30.6 Å². The van der Waals surface area contributed by atoms with Crippen molar-refractivity contribution in [1.82, 2.24) is 20.1 Å². The smallest absolute Gasteiger partial charge is 0.255 e. The van der Waals surface area contributed by atoms with E-state index in [0.717, 1.165) is 18.7 Å². The maximum absolute atomic E-state index is 12.5. The van der Waals surface area contributed by atoms with Crippen LogP contribution in [0, 0.1) is 12.8 Å². The van der Waals surface area contributed by atoms with Crippen LogP contribution in [0.25, 0.3) is 0 Å². The first-order chi connectivity index (χ1) is 11.2. The zero-order valence-corrected chi connectivity index (χ0v) is 13.5. The van der Waals surface area contributed by atoms with Gasteiger partial charge in [0.15, 0.2) is 0 Å². The monoisotopic (exact) mass is 314 g/mol. The third-order valence-electron chi connectivity index (χ3n) is 4.41. The van der Waals surface area contributed by atoms with Gasteiger partial charge in [0.2, 0.25) is 0 Å². The van der Waals surface area contributed by atoms with Crippen LogP contribution >= 0.6 is 0 Å². The molecule has 1 N–H and O–H groups in total. The van der Waals surface area contributed by atoms with E-state index in [1.54, 1.807) is 18.6 Å². The topological polar surface area (TPSA) is 69.0 Å². The second-order valence-corrected chi connectivity index (χ2v) is 5.90. The molecular formula is C17H22N4O2. The Labute approximate surface area is 135 Å². The number of ether oxygens (including phenoxy) is 1. The Morgan fingerprint density at radius 2 is 2.17 bits per heavy atom. The summed E-state index contributed by atoms with van der Waals surface area (Å²) in [7, 11) is 0. The fourth-order valence-corrected chi connectivity index (χ4v) is 3.02. The second-order valence-electron chi connectivity index (χ2n) is 5.90. The van der Waals surface area contributed by atoms with E-state index < -0.39 is 0 Å². The minimum atomic E-state index is -0.0718. The normalized spacial score (nSPS) is 20.6. The summed E-state index contributed by atoms with van der Waals surface area (Å²) < 4.78 is 7.41. The van der Waals surface area contributed by atoms with Crippen LogP contribution in [0.4, 0.5) is 0 Å². The van der Waals surface area contributed by atoms with E-state index in [-0.39, 0.29) is 17.9 Å². The van der Waals surface area contributed by atoms with Crippen LogP contribution in [-0.2, 0) is 17.7 Å². The number of aromatic nitrogens is 3. The molecule has 2 aromatic rings. The molecule has 1 amide bonds. The highest BCUT2D eigenvalue weighted by Crippen LogP contribution is 2.20. The summed E-state index contributed by atoms with van der Waals surface area (Å²) in [5.41, 5.74) is 2.75. The highest BCUT2D eigenvalue weighted by Gasteiger charge is 2.30. The lowest BCUT2D eigenvalue weighted by molar-refractivity contribution is 0.0924. The predicted molar refractivity (Wildman–Crippen MR) is 86.1 cm³/mol. The van der Waals surface area contributed by atoms with Gasteiger partial charge in [-0.3, -0.25) is 14.5 Å². The molecule has 0 unspecified atom stereocenters. The number of carbonyl (C=O) groups excluding carboxylic acids is 1. The highest BCUT2D eigenvalue weighted by atomic mass is 16.5. The van der Waals surface area contributed by atoms with Gasteiger partial charge in [-0.05, 0) is 38.0 Å². The van der Waals surface area contributed by atoms with E-state index >= 15 is 0 Å². The van der Waals surface area contributed by atoms with Crippen LogP contribution < -0.4 is 5.32 Å². The van der Waals surface area contributed by atoms with E-state index in [1.165, 1.54) is 5.56 Å². The van der Waals surface area contributed by atoms with Crippen LogP contribution in [-0.4, -0.2) is 39.9 Å². The van der Waals surface area contributed by atoms with E-state index in [1.807, 2.05) is 30.7 Å². The third-order valence-corrected chi connectivity index (χ3v) is 4.41. The molecule has 0 saturated carbocycles. The first-order valence-corrected chi connectivity index (χ1v) is 7.99. The molecule has 23 heavy (non-hydrogen) atoms. The van der Waals surface area contributed by atoms with Gasteiger partial charge in [-0.15, -0.1) is 0 Å². The second kappa shape index (κ2) is 6.91. The molecule has 3 heterocycles. The molecule has 122 valence electrons. The van der Waals surface area contributed by atoms with Gasteiger partial charge in [0.1, 0.15) is 0 Å². The average Bonchev–Trinajstić information content (AvgIpc) is 3.15. The molecule has 3 rings (SSSR count). The number of pyridine rings is 1. The Morgan fingerprint density at radius 1 is 1.39 bits per heavy atom. The Hall–Kier alpha value is -2.21. The average molecular weight is 314 g/mol. The minimum Gasteiger partial charge on any atom is -0.379 e. The van der Waals surface area contributed by atoms with Gasteiger partial charge in [-0.1, -0.05) is 0 Å². The lowest BCUT2D eigenvalue weighted by Crippen LogP contribution is -2.40. The third kappa shape index (κ3) is 3.42. The highest BCUT2D eigenvalue weighted by molar-refractivity contribution is 5.95. The molecule has 0 bridgehead atoms. The van der Waals surface area contributed by atoms with E-state index in [4.69, 9.17) is 4.74 Å². The molecule has 2 aromatic heterocycles. The molecule has 2 atom stereocenters. The van der Waals surface area contributed by atoms with Crippen LogP contribution in [0.15, 0.2) is 30.7 Å². The van der Waals surface area contributed by atoms with Crippen molar-refractivity contribution >= 4 is 5.91 Å². The predicted octanol–water partition coefficient (Wildman–Crippen LogP) is 1.59. The molecule has 0 radical (unpaired) electrons. The number of nitrogens with zero attached hydrogens (tertiary/aromatic N) is 3. The van der Waals surface area contributed by atoms with Crippen molar-refractivity contribution in [2.75, 3.05) is 13.2 Å². The van der Waals surface area contributed by atoms with Crippen molar-refractivity contribution in [1.29, 1.82) is 0 Å². The van der Waals surface area contributed by atoms with Gasteiger partial charge >= 0.3 is 0 Å². The van der Waals surface area contributed by atoms with Crippen molar-refractivity contribution in [2.45, 2.75) is 32.9 Å². The standard InChI is InChI=1S/C17H22N4O2/c1-3-21-12(2)15(9-19-21)17(22)20-16-11-23-10-14(16)8-13-4-6-18-7-5-13/h4-7,9,14,16H,3,8,10-11H2,1-2H3,(H,20,22)/t14-,16+/m1/s1. The summed E-state index contributed by atoms with van der Waals surface area (Å²) in [6.07, 6.45) is 6.10. The number of carbonyl (C=O) groups is 1. The fourth-order valence-electron chi connectivity index (χ4n) is 3.02. The molecule has 0 spiro atoms. The number of nitrogens with one attached hydrogen (secondary N) is 1. The summed E-state index contributed by atoms with van der Waals surface area (Å²) in [4.78, 5) is 16.6. The maximum Gasteiger partial charge on any atom is 0.255 e. The SMILES string of the molecule is CCn1ncc(C(=O)N[C@H]2COC[C@H]2Cc2ccncc2)c1C. The first-order valence-electron chi connectivity index (χ1n) is 7.99. The summed E-state index contributed by atoms with van der Waals surface area (Å²) in [5.74, 6) is 0.209. The number of hydrogen-bond acceptors (Lipinski definition) is 4. The van der Waals surface area contributed by atoms with E-state index in [0.29, 0.717) is 18.8 Å². The molecule has 0 aliphatic carbocycles. The van der Waals surface area contributed by atoms with Gasteiger partial charge in [0.05, 0.1) is 31.0 Å². The Kier molecular flexibility index (Phi) is 4.71. The lowest BCUT2D eigenvalue weighted by atomic mass is 9.95. The summed E-state index contributed by atoms with van der Waals surface area (Å²) in [6.45, 7) is 5.92. The molecule has 1 fully saturated rings. The zero-order chi connectivity index (χ0) is 16.2. The molecule has 6 nitrogen and oxygen atoms in total. The van der Waals surface area contributed by atoms with Gasteiger partial charge < -0.3 is 10.1 Å².